The number of amides is 1. The van der Waals surface area contributed by atoms with Crippen molar-refractivity contribution >= 4 is 5.91 Å². The predicted molar refractivity (Wildman–Crippen MR) is 92.1 cm³/mol. The van der Waals surface area contributed by atoms with Crippen LogP contribution in [0.5, 0.6) is 0 Å². The van der Waals surface area contributed by atoms with E-state index in [0.717, 1.165) is 32.4 Å². The lowest BCUT2D eigenvalue weighted by atomic mass is 10.1. The van der Waals surface area contributed by atoms with Crippen molar-refractivity contribution in [2.75, 3.05) is 26.2 Å². The highest BCUT2D eigenvalue weighted by Gasteiger charge is 2.09. The Kier molecular flexibility index (Phi) is 7.44. The van der Waals surface area contributed by atoms with Crippen LogP contribution >= 0.6 is 0 Å². The van der Waals surface area contributed by atoms with Crippen LogP contribution in [0.1, 0.15) is 50.2 Å². The van der Waals surface area contributed by atoms with Crippen molar-refractivity contribution in [1.29, 1.82) is 0 Å². The largest absolute Gasteiger partial charge is 0.356 e. The first-order valence-electron chi connectivity index (χ1n) is 8.85. The second-order valence-electron chi connectivity index (χ2n) is 6.28. The lowest BCUT2D eigenvalue weighted by molar-refractivity contribution is -0.121. The van der Waals surface area contributed by atoms with Gasteiger partial charge in [-0.25, -0.2) is 0 Å². The summed E-state index contributed by atoms with van der Waals surface area (Å²) in [5.74, 6) is 0.179. The summed E-state index contributed by atoms with van der Waals surface area (Å²) >= 11 is 0. The number of likely N-dealkylation sites (tertiary alicyclic amines) is 1. The van der Waals surface area contributed by atoms with Gasteiger partial charge in [0.25, 0.3) is 0 Å². The van der Waals surface area contributed by atoms with Gasteiger partial charge < -0.3 is 10.2 Å². The van der Waals surface area contributed by atoms with Gasteiger partial charge in [0.05, 0.1) is 0 Å². The Labute approximate surface area is 135 Å². The van der Waals surface area contributed by atoms with E-state index in [1.54, 1.807) is 0 Å². The molecular formula is C19H30N2O. The number of nitrogens with one attached hydrogen (secondary N) is 1. The number of hydrogen-bond acceptors (Lipinski definition) is 2. The molecule has 0 unspecified atom stereocenters. The van der Waals surface area contributed by atoms with Gasteiger partial charge in [0.2, 0.25) is 5.91 Å². The number of piperidine rings is 1. The van der Waals surface area contributed by atoms with Crippen LogP contribution in [0.15, 0.2) is 24.3 Å². The Hall–Kier alpha value is -1.35. The number of carbonyl (C=O) groups is 1. The fourth-order valence-electron chi connectivity index (χ4n) is 3.00. The number of rotatable bonds is 8. The van der Waals surface area contributed by atoms with E-state index in [4.69, 9.17) is 0 Å². The van der Waals surface area contributed by atoms with E-state index in [2.05, 4.69) is 41.4 Å². The van der Waals surface area contributed by atoms with Crippen molar-refractivity contribution < 1.29 is 4.79 Å². The first-order chi connectivity index (χ1) is 10.8. The summed E-state index contributed by atoms with van der Waals surface area (Å²) in [6.07, 6.45) is 7.62. The number of nitrogens with zero attached hydrogens (tertiary/aromatic N) is 1. The topological polar surface area (TPSA) is 32.3 Å². The third-order valence-electron chi connectivity index (χ3n) is 4.49. The van der Waals surface area contributed by atoms with Gasteiger partial charge in [0.1, 0.15) is 0 Å². The fraction of sp³-hybridized carbons (Fsp3) is 0.632. The van der Waals surface area contributed by atoms with Crippen LogP contribution in [0, 0.1) is 0 Å². The van der Waals surface area contributed by atoms with Crippen LogP contribution in [0.2, 0.25) is 0 Å². The van der Waals surface area contributed by atoms with Crippen molar-refractivity contribution in [3.8, 4) is 0 Å². The molecule has 0 bridgehead atoms. The molecule has 1 saturated heterocycles. The molecule has 22 heavy (non-hydrogen) atoms. The van der Waals surface area contributed by atoms with Crippen LogP contribution in [0.3, 0.4) is 0 Å². The minimum atomic E-state index is 0.179. The molecule has 1 N–H and O–H groups in total. The van der Waals surface area contributed by atoms with Gasteiger partial charge in [-0.05, 0) is 62.9 Å². The molecular weight excluding hydrogens is 272 g/mol. The summed E-state index contributed by atoms with van der Waals surface area (Å²) in [7, 11) is 0. The molecule has 1 aliphatic rings. The molecule has 3 heteroatoms. The first-order valence-corrected chi connectivity index (χ1v) is 8.85. The Morgan fingerprint density at radius 2 is 1.77 bits per heavy atom. The molecule has 0 atom stereocenters. The van der Waals surface area contributed by atoms with E-state index < -0.39 is 0 Å². The maximum Gasteiger partial charge on any atom is 0.220 e. The molecule has 0 saturated carbocycles. The first kappa shape index (κ1) is 17.0. The van der Waals surface area contributed by atoms with E-state index in [1.165, 1.54) is 43.5 Å². The van der Waals surface area contributed by atoms with Crippen molar-refractivity contribution in [3.05, 3.63) is 35.4 Å². The van der Waals surface area contributed by atoms with Crippen LogP contribution in [0.4, 0.5) is 0 Å². The molecule has 0 radical (unpaired) electrons. The third-order valence-corrected chi connectivity index (χ3v) is 4.49. The summed E-state index contributed by atoms with van der Waals surface area (Å²) in [6, 6.07) is 8.60. The minimum Gasteiger partial charge on any atom is -0.356 e. The van der Waals surface area contributed by atoms with E-state index >= 15 is 0 Å². The van der Waals surface area contributed by atoms with E-state index in [9.17, 15) is 4.79 Å². The molecule has 1 aliphatic heterocycles. The fourth-order valence-corrected chi connectivity index (χ4v) is 3.00. The van der Waals surface area contributed by atoms with Crippen molar-refractivity contribution in [2.24, 2.45) is 0 Å². The maximum absolute atomic E-state index is 11.9. The normalized spacial score (nSPS) is 15.7. The molecule has 1 fully saturated rings. The SMILES string of the molecule is CCc1ccc(CCC(=O)NCCCN2CCCCC2)cc1. The average Bonchev–Trinajstić information content (AvgIpc) is 2.58. The second kappa shape index (κ2) is 9.62. The van der Waals surface area contributed by atoms with Crippen molar-refractivity contribution in [2.45, 2.75) is 51.9 Å². The van der Waals surface area contributed by atoms with Gasteiger partial charge >= 0.3 is 0 Å². The molecule has 1 aromatic rings. The molecule has 1 heterocycles. The Morgan fingerprint density at radius 1 is 1.09 bits per heavy atom. The summed E-state index contributed by atoms with van der Waals surface area (Å²) in [4.78, 5) is 14.4. The predicted octanol–water partition coefficient (Wildman–Crippen LogP) is 3.17. The van der Waals surface area contributed by atoms with Gasteiger partial charge in [-0.2, -0.15) is 0 Å². The smallest absolute Gasteiger partial charge is 0.220 e. The van der Waals surface area contributed by atoms with Gasteiger partial charge in [0.15, 0.2) is 0 Å². The highest BCUT2D eigenvalue weighted by atomic mass is 16.1. The van der Waals surface area contributed by atoms with E-state index in [0.29, 0.717) is 6.42 Å². The summed E-state index contributed by atoms with van der Waals surface area (Å²) in [5.41, 5.74) is 2.60. The zero-order chi connectivity index (χ0) is 15.6. The second-order valence-corrected chi connectivity index (χ2v) is 6.28. The molecule has 122 valence electrons. The number of carbonyl (C=O) groups excluding carboxylic acids is 1. The monoisotopic (exact) mass is 302 g/mol. The summed E-state index contributed by atoms with van der Waals surface area (Å²) in [5, 5.41) is 3.05. The van der Waals surface area contributed by atoms with Crippen LogP contribution in [-0.2, 0) is 17.6 Å². The van der Waals surface area contributed by atoms with Gasteiger partial charge in [0, 0.05) is 13.0 Å². The molecule has 0 aliphatic carbocycles. The molecule has 3 nitrogen and oxygen atoms in total. The lowest BCUT2D eigenvalue weighted by Crippen LogP contribution is -2.33. The van der Waals surface area contributed by atoms with Crippen molar-refractivity contribution in [3.63, 3.8) is 0 Å². The lowest BCUT2D eigenvalue weighted by Gasteiger charge is -2.26. The van der Waals surface area contributed by atoms with Gasteiger partial charge in [-0.3, -0.25) is 4.79 Å². The zero-order valence-electron chi connectivity index (χ0n) is 13.9. The van der Waals surface area contributed by atoms with Crippen molar-refractivity contribution in [1.82, 2.24) is 10.2 Å². The third kappa shape index (κ3) is 6.18. The van der Waals surface area contributed by atoms with Crippen LogP contribution in [0.25, 0.3) is 0 Å². The van der Waals surface area contributed by atoms with Crippen LogP contribution < -0.4 is 5.32 Å². The Morgan fingerprint density at radius 3 is 2.45 bits per heavy atom. The Balaban J connectivity index is 1.55. The highest BCUT2D eigenvalue weighted by Crippen LogP contribution is 2.09. The molecule has 1 amide bonds. The number of benzene rings is 1. The van der Waals surface area contributed by atoms with E-state index in [-0.39, 0.29) is 5.91 Å². The van der Waals surface area contributed by atoms with Crippen LogP contribution in [-0.4, -0.2) is 37.0 Å². The zero-order valence-corrected chi connectivity index (χ0v) is 13.9. The highest BCUT2D eigenvalue weighted by molar-refractivity contribution is 5.76. The molecule has 0 spiro atoms. The maximum atomic E-state index is 11.9. The average molecular weight is 302 g/mol. The minimum absolute atomic E-state index is 0.179. The molecule has 0 aromatic heterocycles. The quantitative estimate of drug-likeness (QED) is 0.748. The summed E-state index contributed by atoms with van der Waals surface area (Å²) < 4.78 is 0. The number of aryl methyl sites for hydroxylation is 2. The molecule has 2 rings (SSSR count). The van der Waals surface area contributed by atoms with E-state index in [1.807, 2.05) is 0 Å². The standard InChI is InChI=1S/C19H30N2O/c1-2-17-7-9-18(10-8-17)11-12-19(22)20-13-6-16-21-14-4-3-5-15-21/h7-10H,2-6,11-16H2,1H3,(H,20,22). The summed E-state index contributed by atoms with van der Waals surface area (Å²) in [6.45, 7) is 6.57. The molecule has 1 aromatic carbocycles. The Bertz CT molecular complexity index is 435. The number of hydrogen-bond donors (Lipinski definition) is 1. The van der Waals surface area contributed by atoms with Gasteiger partial charge in [-0.1, -0.05) is 37.6 Å². The van der Waals surface area contributed by atoms with Gasteiger partial charge in [-0.15, -0.1) is 0 Å².